The fourth-order valence-corrected chi connectivity index (χ4v) is 9.60. The Hall–Kier alpha value is -7.42. The molecule has 10 aromatic rings. The van der Waals surface area contributed by atoms with Crippen LogP contribution in [0.2, 0.25) is 0 Å². The maximum atomic E-state index is 2.52. The summed E-state index contributed by atoms with van der Waals surface area (Å²) in [7, 11) is 0. The predicted octanol–water partition coefficient (Wildman–Crippen LogP) is 15.6. The SMILES string of the molecule is CC1(C)c2ccccc2-c2ccc(N(c3ccccc3-c3ccc(-c4ccccc4)cc3)c3cccc4c3c3ccccc3n4-c3ccccc3-c3ccccc3)cc21. The summed E-state index contributed by atoms with van der Waals surface area (Å²) in [6, 6.07) is 79.9. The molecule has 0 bridgehead atoms. The number of nitrogens with zero attached hydrogens (tertiary/aromatic N) is 2. The van der Waals surface area contributed by atoms with Crippen LogP contribution in [0.25, 0.3) is 72.0 Å². The monoisotopic (exact) mass is 754 g/mol. The van der Waals surface area contributed by atoms with Crippen molar-refractivity contribution >= 4 is 38.9 Å². The summed E-state index contributed by atoms with van der Waals surface area (Å²) in [6.45, 7) is 4.74. The second kappa shape index (κ2) is 13.9. The fraction of sp³-hybridized carbons (Fsp3) is 0.0526. The van der Waals surface area contributed by atoms with Crippen LogP contribution in [-0.2, 0) is 5.41 Å². The van der Waals surface area contributed by atoms with E-state index in [-0.39, 0.29) is 5.41 Å². The lowest BCUT2D eigenvalue weighted by Crippen LogP contribution is -2.17. The molecule has 2 heteroatoms. The number of rotatable bonds is 7. The summed E-state index contributed by atoms with van der Waals surface area (Å²) in [5, 5.41) is 2.42. The van der Waals surface area contributed by atoms with E-state index >= 15 is 0 Å². The van der Waals surface area contributed by atoms with Crippen LogP contribution in [0.5, 0.6) is 0 Å². The number of para-hydroxylation sites is 3. The molecule has 0 atom stereocenters. The third kappa shape index (κ3) is 5.63. The molecule has 59 heavy (non-hydrogen) atoms. The van der Waals surface area contributed by atoms with Crippen LogP contribution in [-0.4, -0.2) is 4.57 Å². The summed E-state index contributed by atoms with van der Waals surface area (Å²) < 4.78 is 2.46. The van der Waals surface area contributed by atoms with Crippen LogP contribution in [0.4, 0.5) is 17.1 Å². The molecule has 1 aliphatic carbocycles. The molecule has 1 aromatic heterocycles. The van der Waals surface area contributed by atoms with E-state index in [0.29, 0.717) is 0 Å². The molecule has 280 valence electrons. The van der Waals surface area contributed by atoms with Gasteiger partial charge >= 0.3 is 0 Å². The van der Waals surface area contributed by atoms with Gasteiger partial charge in [0.2, 0.25) is 0 Å². The molecule has 0 saturated carbocycles. The third-order valence-corrected chi connectivity index (χ3v) is 12.4. The van der Waals surface area contributed by atoms with Gasteiger partial charge in [0.15, 0.2) is 0 Å². The summed E-state index contributed by atoms with van der Waals surface area (Å²) in [5.74, 6) is 0. The Kier molecular flexibility index (Phi) is 8.20. The van der Waals surface area contributed by atoms with Gasteiger partial charge in [-0.25, -0.2) is 0 Å². The number of aromatic nitrogens is 1. The Labute approximate surface area is 345 Å². The van der Waals surface area contributed by atoms with Crippen molar-refractivity contribution in [3.8, 4) is 50.2 Å². The van der Waals surface area contributed by atoms with Crippen LogP contribution in [0.1, 0.15) is 25.0 Å². The quantitative estimate of drug-likeness (QED) is 0.157. The van der Waals surface area contributed by atoms with Crippen LogP contribution >= 0.6 is 0 Å². The molecular weight excluding hydrogens is 713 g/mol. The molecule has 0 fully saturated rings. The standard InChI is InChI=1S/C57H42N2/c1-57(2)49-26-13-9-24-46(49)47-37-36-43(38-50(47)57)58(51-27-14-10-23-45(51)42-34-32-40(33-35-42)39-18-5-3-6-19-39)54-30-17-31-55-56(54)48-25-12-16-29-53(48)59(55)52-28-15-11-22-44(52)41-20-7-4-8-21-41/h3-38H,1-2H3. The van der Waals surface area contributed by atoms with Crippen molar-refractivity contribution in [1.29, 1.82) is 0 Å². The van der Waals surface area contributed by atoms with E-state index in [0.717, 1.165) is 28.3 Å². The van der Waals surface area contributed by atoms with Crippen molar-refractivity contribution in [2.45, 2.75) is 19.3 Å². The van der Waals surface area contributed by atoms with Crippen LogP contribution in [0, 0.1) is 0 Å². The number of hydrogen-bond donors (Lipinski definition) is 0. The molecule has 0 amide bonds. The Morgan fingerprint density at radius 3 is 1.71 bits per heavy atom. The zero-order chi connectivity index (χ0) is 39.5. The second-order valence-electron chi connectivity index (χ2n) is 16.1. The number of anilines is 3. The first kappa shape index (κ1) is 34.8. The lowest BCUT2D eigenvalue weighted by atomic mass is 9.82. The van der Waals surface area contributed by atoms with Crippen LogP contribution < -0.4 is 4.90 Å². The molecule has 0 N–H and O–H groups in total. The molecule has 11 rings (SSSR count). The Balaban J connectivity index is 1.18. The first-order valence-electron chi connectivity index (χ1n) is 20.5. The highest BCUT2D eigenvalue weighted by Gasteiger charge is 2.36. The Morgan fingerprint density at radius 1 is 0.373 bits per heavy atom. The van der Waals surface area contributed by atoms with E-state index in [9.17, 15) is 0 Å². The Bertz CT molecular complexity index is 3170. The predicted molar refractivity (Wildman–Crippen MR) is 249 cm³/mol. The van der Waals surface area contributed by atoms with Crippen molar-refractivity contribution < 1.29 is 0 Å². The van der Waals surface area contributed by atoms with E-state index in [2.05, 4.69) is 242 Å². The van der Waals surface area contributed by atoms with Gasteiger partial charge in [0.25, 0.3) is 0 Å². The van der Waals surface area contributed by atoms with Crippen molar-refractivity contribution in [3.63, 3.8) is 0 Å². The molecule has 0 unspecified atom stereocenters. The number of benzene rings is 9. The molecule has 0 spiro atoms. The van der Waals surface area contributed by atoms with E-state index in [1.807, 2.05) is 0 Å². The molecule has 2 nitrogen and oxygen atoms in total. The lowest BCUT2D eigenvalue weighted by molar-refractivity contribution is 0.660. The van der Waals surface area contributed by atoms with E-state index in [1.54, 1.807) is 0 Å². The van der Waals surface area contributed by atoms with Gasteiger partial charge in [-0.2, -0.15) is 0 Å². The van der Waals surface area contributed by atoms with Gasteiger partial charge in [-0.3, -0.25) is 0 Å². The van der Waals surface area contributed by atoms with Gasteiger partial charge in [0.1, 0.15) is 0 Å². The topological polar surface area (TPSA) is 8.17 Å². The molecular formula is C57H42N2. The van der Waals surface area contributed by atoms with Gasteiger partial charge in [-0.05, 0) is 87.0 Å². The highest BCUT2D eigenvalue weighted by molar-refractivity contribution is 6.17. The smallest absolute Gasteiger partial charge is 0.0562 e. The zero-order valence-corrected chi connectivity index (χ0v) is 33.2. The average molecular weight is 755 g/mol. The fourth-order valence-electron chi connectivity index (χ4n) is 9.60. The van der Waals surface area contributed by atoms with E-state index in [4.69, 9.17) is 0 Å². The van der Waals surface area contributed by atoms with Gasteiger partial charge in [-0.15, -0.1) is 0 Å². The molecule has 9 aromatic carbocycles. The number of fused-ring (bicyclic) bond motifs is 6. The second-order valence-corrected chi connectivity index (χ2v) is 16.1. The first-order chi connectivity index (χ1) is 29.1. The van der Waals surface area contributed by atoms with Gasteiger partial charge in [0.05, 0.1) is 28.1 Å². The largest absolute Gasteiger partial charge is 0.309 e. The molecule has 1 aliphatic rings. The maximum Gasteiger partial charge on any atom is 0.0562 e. The first-order valence-corrected chi connectivity index (χ1v) is 20.5. The molecule has 0 aliphatic heterocycles. The highest BCUT2D eigenvalue weighted by Crippen LogP contribution is 2.52. The van der Waals surface area contributed by atoms with Crippen LogP contribution in [0.3, 0.4) is 0 Å². The zero-order valence-electron chi connectivity index (χ0n) is 33.2. The van der Waals surface area contributed by atoms with Crippen molar-refractivity contribution in [2.24, 2.45) is 0 Å². The normalized spacial score (nSPS) is 12.7. The molecule has 1 heterocycles. The summed E-state index contributed by atoms with van der Waals surface area (Å²) in [5.41, 5.74) is 19.3. The highest BCUT2D eigenvalue weighted by atomic mass is 15.2. The minimum Gasteiger partial charge on any atom is -0.309 e. The minimum atomic E-state index is -0.149. The van der Waals surface area contributed by atoms with Gasteiger partial charge in [-0.1, -0.05) is 190 Å². The lowest BCUT2D eigenvalue weighted by Gasteiger charge is -2.30. The van der Waals surface area contributed by atoms with E-state index in [1.165, 1.54) is 71.9 Å². The Morgan fingerprint density at radius 2 is 0.915 bits per heavy atom. The van der Waals surface area contributed by atoms with E-state index < -0.39 is 0 Å². The van der Waals surface area contributed by atoms with Crippen LogP contribution in [0.15, 0.2) is 218 Å². The third-order valence-electron chi connectivity index (χ3n) is 12.4. The number of hydrogen-bond acceptors (Lipinski definition) is 1. The van der Waals surface area contributed by atoms with Gasteiger partial charge in [0, 0.05) is 33.0 Å². The van der Waals surface area contributed by atoms with Crippen molar-refractivity contribution in [2.75, 3.05) is 4.90 Å². The summed E-state index contributed by atoms with van der Waals surface area (Å²) >= 11 is 0. The maximum absolute atomic E-state index is 2.52. The summed E-state index contributed by atoms with van der Waals surface area (Å²) in [6.07, 6.45) is 0. The average Bonchev–Trinajstić information content (AvgIpc) is 3.76. The molecule has 0 radical (unpaired) electrons. The minimum absolute atomic E-state index is 0.149. The van der Waals surface area contributed by atoms with Crippen molar-refractivity contribution in [3.05, 3.63) is 230 Å². The summed E-state index contributed by atoms with van der Waals surface area (Å²) in [4.78, 5) is 2.52. The van der Waals surface area contributed by atoms with Crippen molar-refractivity contribution in [1.82, 2.24) is 4.57 Å². The van der Waals surface area contributed by atoms with Gasteiger partial charge < -0.3 is 9.47 Å². The molecule has 0 saturated heterocycles.